The zero-order chi connectivity index (χ0) is 15.1. The fourth-order valence-electron chi connectivity index (χ4n) is 2.48. The molecule has 112 valence electrons. The lowest BCUT2D eigenvalue weighted by Crippen LogP contribution is -2.32. The fraction of sp³-hybridized carbons (Fsp3) is 0.368. The van der Waals surface area contributed by atoms with E-state index >= 15 is 0 Å². The number of benzene rings is 2. The second kappa shape index (κ2) is 7.28. The molecule has 2 N–H and O–H groups in total. The zero-order valence-electron chi connectivity index (χ0n) is 13.0. The van der Waals surface area contributed by atoms with Crippen molar-refractivity contribution < 1.29 is 5.11 Å². The number of aliphatic hydroxyl groups is 1. The first kappa shape index (κ1) is 15.6. The van der Waals surface area contributed by atoms with E-state index in [1.165, 1.54) is 11.1 Å². The van der Waals surface area contributed by atoms with E-state index in [1.807, 2.05) is 6.07 Å². The van der Waals surface area contributed by atoms with Gasteiger partial charge in [-0.25, -0.2) is 0 Å². The first-order chi connectivity index (χ1) is 10.2. The highest BCUT2D eigenvalue weighted by Gasteiger charge is 2.24. The van der Waals surface area contributed by atoms with Crippen LogP contribution in [0.25, 0.3) is 11.1 Å². The summed E-state index contributed by atoms with van der Waals surface area (Å²) < 4.78 is 0. The van der Waals surface area contributed by atoms with Gasteiger partial charge >= 0.3 is 0 Å². The van der Waals surface area contributed by atoms with E-state index < -0.39 is 0 Å². The van der Waals surface area contributed by atoms with Gasteiger partial charge in [-0.2, -0.15) is 0 Å². The van der Waals surface area contributed by atoms with Crippen LogP contribution in [0.2, 0.25) is 0 Å². The van der Waals surface area contributed by atoms with Crippen LogP contribution in [0.15, 0.2) is 54.6 Å². The average molecular weight is 283 g/mol. The maximum Gasteiger partial charge on any atom is 0.0504 e. The SMILES string of the molecule is CCC(CC)(CO)CNc1ccc(-c2ccccc2)cc1. The third-order valence-corrected chi connectivity index (χ3v) is 4.49. The molecule has 2 rings (SSSR count). The van der Waals surface area contributed by atoms with Crippen molar-refractivity contribution in [2.75, 3.05) is 18.5 Å². The predicted octanol–water partition coefficient (Wildman–Crippen LogP) is 4.56. The van der Waals surface area contributed by atoms with E-state index in [1.54, 1.807) is 0 Å². The predicted molar refractivity (Wildman–Crippen MR) is 90.5 cm³/mol. The number of nitrogens with one attached hydrogen (secondary N) is 1. The Kier molecular flexibility index (Phi) is 5.40. The monoisotopic (exact) mass is 283 g/mol. The number of anilines is 1. The Morgan fingerprint density at radius 3 is 1.95 bits per heavy atom. The Morgan fingerprint density at radius 1 is 0.857 bits per heavy atom. The Bertz CT molecular complexity index is 521. The van der Waals surface area contributed by atoms with E-state index in [2.05, 4.69) is 67.7 Å². The molecular formula is C19H25NO. The molecule has 2 heteroatoms. The van der Waals surface area contributed by atoms with Crippen molar-refractivity contribution in [3.05, 3.63) is 54.6 Å². The summed E-state index contributed by atoms with van der Waals surface area (Å²) in [5.74, 6) is 0. The van der Waals surface area contributed by atoms with E-state index in [4.69, 9.17) is 0 Å². The number of aliphatic hydroxyl groups excluding tert-OH is 1. The summed E-state index contributed by atoms with van der Waals surface area (Å²) in [7, 11) is 0. The second-order valence-corrected chi connectivity index (χ2v) is 5.66. The van der Waals surface area contributed by atoms with Crippen molar-refractivity contribution in [1.82, 2.24) is 0 Å². The maximum absolute atomic E-state index is 9.61. The minimum atomic E-state index is -0.0158. The van der Waals surface area contributed by atoms with Gasteiger partial charge in [-0.1, -0.05) is 56.3 Å². The van der Waals surface area contributed by atoms with Gasteiger partial charge in [0, 0.05) is 17.6 Å². The van der Waals surface area contributed by atoms with Crippen molar-refractivity contribution in [1.29, 1.82) is 0 Å². The lowest BCUT2D eigenvalue weighted by atomic mass is 9.83. The molecule has 2 aromatic rings. The quantitative estimate of drug-likeness (QED) is 0.780. The first-order valence-corrected chi connectivity index (χ1v) is 7.73. The third kappa shape index (κ3) is 3.85. The summed E-state index contributed by atoms with van der Waals surface area (Å²) in [4.78, 5) is 0. The third-order valence-electron chi connectivity index (χ3n) is 4.49. The smallest absolute Gasteiger partial charge is 0.0504 e. The van der Waals surface area contributed by atoms with Gasteiger partial charge in [0.15, 0.2) is 0 Å². The van der Waals surface area contributed by atoms with E-state index in [9.17, 15) is 5.11 Å². The van der Waals surface area contributed by atoms with Crippen molar-refractivity contribution in [3.63, 3.8) is 0 Å². The summed E-state index contributed by atoms with van der Waals surface area (Å²) >= 11 is 0. The van der Waals surface area contributed by atoms with Gasteiger partial charge in [0.05, 0.1) is 6.61 Å². The number of rotatable bonds is 7. The van der Waals surface area contributed by atoms with Crippen LogP contribution in [-0.4, -0.2) is 18.3 Å². The van der Waals surface area contributed by atoms with Gasteiger partial charge in [-0.05, 0) is 36.1 Å². The molecule has 0 amide bonds. The Balaban J connectivity index is 2.03. The van der Waals surface area contributed by atoms with Gasteiger partial charge < -0.3 is 10.4 Å². The number of hydrogen-bond acceptors (Lipinski definition) is 2. The largest absolute Gasteiger partial charge is 0.396 e. The first-order valence-electron chi connectivity index (χ1n) is 7.73. The van der Waals surface area contributed by atoms with Crippen molar-refractivity contribution in [2.45, 2.75) is 26.7 Å². The summed E-state index contributed by atoms with van der Waals surface area (Å²) in [6.07, 6.45) is 1.96. The standard InChI is InChI=1S/C19H25NO/c1-3-19(4-2,15-21)14-20-18-12-10-17(11-13-18)16-8-6-5-7-9-16/h5-13,20-21H,3-4,14-15H2,1-2H3. The Hall–Kier alpha value is -1.80. The molecule has 0 spiro atoms. The highest BCUT2D eigenvalue weighted by molar-refractivity contribution is 5.65. The molecule has 0 aromatic heterocycles. The molecule has 0 heterocycles. The minimum absolute atomic E-state index is 0.0158. The van der Waals surface area contributed by atoms with Crippen LogP contribution < -0.4 is 5.32 Å². The molecule has 0 saturated carbocycles. The normalized spacial score (nSPS) is 11.4. The van der Waals surface area contributed by atoms with E-state index in [0.717, 1.165) is 25.1 Å². The number of hydrogen-bond donors (Lipinski definition) is 2. The molecule has 0 unspecified atom stereocenters. The molecule has 0 aliphatic carbocycles. The zero-order valence-corrected chi connectivity index (χ0v) is 13.0. The van der Waals surface area contributed by atoms with Gasteiger partial charge in [0.2, 0.25) is 0 Å². The molecular weight excluding hydrogens is 258 g/mol. The van der Waals surface area contributed by atoms with Crippen molar-refractivity contribution in [2.24, 2.45) is 5.41 Å². The molecule has 2 nitrogen and oxygen atoms in total. The lowest BCUT2D eigenvalue weighted by molar-refractivity contribution is 0.127. The Morgan fingerprint density at radius 2 is 1.43 bits per heavy atom. The van der Waals surface area contributed by atoms with Crippen LogP contribution in [0.3, 0.4) is 0 Å². The second-order valence-electron chi connectivity index (χ2n) is 5.66. The van der Waals surface area contributed by atoms with Crippen LogP contribution in [0, 0.1) is 5.41 Å². The summed E-state index contributed by atoms with van der Waals surface area (Å²) in [6, 6.07) is 18.9. The van der Waals surface area contributed by atoms with E-state index in [-0.39, 0.29) is 12.0 Å². The van der Waals surface area contributed by atoms with Crippen LogP contribution in [0.4, 0.5) is 5.69 Å². The van der Waals surface area contributed by atoms with Crippen LogP contribution in [0.5, 0.6) is 0 Å². The highest BCUT2D eigenvalue weighted by atomic mass is 16.3. The summed E-state index contributed by atoms with van der Waals surface area (Å²) in [5.41, 5.74) is 3.55. The van der Waals surface area contributed by atoms with Crippen LogP contribution in [-0.2, 0) is 0 Å². The minimum Gasteiger partial charge on any atom is -0.396 e. The van der Waals surface area contributed by atoms with Crippen molar-refractivity contribution in [3.8, 4) is 11.1 Å². The van der Waals surface area contributed by atoms with Crippen LogP contribution >= 0.6 is 0 Å². The molecule has 0 bridgehead atoms. The fourth-order valence-corrected chi connectivity index (χ4v) is 2.48. The molecule has 21 heavy (non-hydrogen) atoms. The molecule has 2 aromatic carbocycles. The summed E-state index contributed by atoms with van der Waals surface area (Å²) in [5, 5.41) is 13.1. The topological polar surface area (TPSA) is 32.3 Å². The van der Waals surface area contributed by atoms with Gasteiger partial charge in [0.25, 0.3) is 0 Å². The van der Waals surface area contributed by atoms with Crippen LogP contribution in [0.1, 0.15) is 26.7 Å². The van der Waals surface area contributed by atoms with Gasteiger partial charge in [-0.15, -0.1) is 0 Å². The van der Waals surface area contributed by atoms with E-state index in [0.29, 0.717) is 0 Å². The molecule has 0 saturated heterocycles. The molecule has 0 radical (unpaired) electrons. The molecule has 0 fully saturated rings. The van der Waals surface area contributed by atoms with Gasteiger partial charge in [-0.3, -0.25) is 0 Å². The molecule has 0 aliphatic heterocycles. The molecule has 0 aliphatic rings. The molecule has 0 atom stereocenters. The summed E-state index contributed by atoms with van der Waals surface area (Å²) in [6.45, 7) is 5.32. The van der Waals surface area contributed by atoms with Crippen molar-refractivity contribution >= 4 is 5.69 Å². The highest BCUT2D eigenvalue weighted by Crippen LogP contribution is 2.27. The lowest BCUT2D eigenvalue weighted by Gasteiger charge is -2.30. The van der Waals surface area contributed by atoms with Gasteiger partial charge in [0.1, 0.15) is 0 Å². The maximum atomic E-state index is 9.61. The Labute approximate surface area is 127 Å². The average Bonchev–Trinajstić information content (AvgIpc) is 2.58.